The lowest BCUT2D eigenvalue weighted by atomic mass is 9.98. The van der Waals surface area contributed by atoms with Gasteiger partial charge in [-0.2, -0.15) is 0 Å². The highest BCUT2D eigenvalue weighted by Crippen LogP contribution is 2.26. The number of ether oxygens (including phenoxy) is 2. The van der Waals surface area contributed by atoms with Crippen molar-refractivity contribution in [2.45, 2.75) is 61.3 Å². The van der Waals surface area contributed by atoms with Crippen LogP contribution in [0.15, 0.2) is 24.3 Å². The SMILES string of the molecule is OC[C@@H]1O[C@H](Nc2cccc(N[C@@H]3O[C@H](CO)[C@H](O)[C@H](O)[C@@H]3O)c2)[C@H](O)[C@H](O)[C@@H]1O. The molecule has 0 bridgehead atoms. The molecule has 0 spiro atoms. The molecule has 170 valence electrons. The first-order valence-corrected chi connectivity index (χ1v) is 9.51. The summed E-state index contributed by atoms with van der Waals surface area (Å²) in [5, 5.41) is 84.0. The third-order valence-corrected chi connectivity index (χ3v) is 5.26. The van der Waals surface area contributed by atoms with Crippen molar-refractivity contribution >= 4 is 11.4 Å². The maximum absolute atomic E-state index is 10.1. The van der Waals surface area contributed by atoms with E-state index in [0.717, 1.165) is 0 Å². The van der Waals surface area contributed by atoms with E-state index in [2.05, 4.69) is 10.6 Å². The van der Waals surface area contributed by atoms with Gasteiger partial charge in [0.2, 0.25) is 0 Å². The molecular formula is C18H28N2O10. The molecule has 2 aliphatic rings. The normalized spacial score (nSPS) is 42.0. The van der Waals surface area contributed by atoms with Gasteiger partial charge in [-0.05, 0) is 18.2 Å². The molecule has 1 aromatic rings. The van der Waals surface area contributed by atoms with E-state index < -0.39 is 74.5 Å². The molecule has 0 radical (unpaired) electrons. The fourth-order valence-corrected chi connectivity index (χ4v) is 3.47. The largest absolute Gasteiger partial charge is 0.394 e. The van der Waals surface area contributed by atoms with Gasteiger partial charge in [0.15, 0.2) is 12.5 Å². The van der Waals surface area contributed by atoms with E-state index in [4.69, 9.17) is 9.47 Å². The number of aliphatic hydroxyl groups excluding tert-OH is 8. The number of aliphatic hydroxyl groups is 8. The van der Waals surface area contributed by atoms with E-state index in [1.54, 1.807) is 24.3 Å². The predicted octanol–water partition coefficient (Wildman–Crippen LogP) is -3.89. The average Bonchev–Trinajstić information content (AvgIpc) is 2.74. The van der Waals surface area contributed by atoms with Crippen molar-refractivity contribution in [2.75, 3.05) is 23.8 Å². The van der Waals surface area contributed by atoms with Gasteiger partial charge in [0.1, 0.15) is 48.8 Å². The summed E-state index contributed by atoms with van der Waals surface area (Å²) < 4.78 is 10.8. The second-order valence-electron chi connectivity index (χ2n) is 7.37. The molecule has 2 heterocycles. The van der Waals surface area contributed by atoms with E-state index in [0.29, 0.717) is 11.4 Å². The summed E-state index contributed by atoms with van der Waals surface area (Å²) in [5.41, 5.74) is 0.850. The molecule has 12 heteroatoms. The second-order valence-corrected chi connectivity index (χ2v) is 7.37. The summed E-state index contributed by atoms with van der Waals surface area (Å²) in [7, 11) is 0. The Morgan fingerprint density at radius 1 is 0.633 bits per heavy atom. The Hall–Kier alpha value is -1.58. The van der Waals surface area contributed by atoms with Crippen LogP contribution < -0.4 is 10.6 Å². The van der Waals surface area contributed by atoms with Crippen molar-refractivity contribution in [3.8, 4) is 0 Å². The average molecular weight is 432 g/mol. The van der Waals surface area contributed by atoms with E-state index in [1.807, 2.05) is 0 Å². The molecule has 0 unspecified atom stereocenters. The van der Waals surface area contributed by atoms with Crippen LogP contribution in [0, 0.1) is 0 Å². The number of hydrogen-bond donors (Lipinski definition) is 10. The second kappa shape index (κ2) is 9.70. The summed E-state index contributed by atoms with van der Waals surface area (Å²) in [6.07, 6.45) is -13.3. The van der Waals surface area contributed by atoms with Gasteiger partial charge in [0.05, 0.1) is 13.2 Å². The predicted molar refractivity (Wildman–Crippen MR) is 101 cm³/mol. The highest BCUT2D eigenvalue weighted by atomic mass is 16.6. The van der Waals surface area contributed by atoms with Gasteiger partial charge in [0.25, 0.3) is 0 Å². The van der Waals surface area contributed by atoms with Gasteiger partial charge in [-0.15, -0.1) is 0 Å². The van der Waals surface area contributed by atoms with Gasteiger partial charge in [-0.25, -0.2) is 0 Å². The van der Waals surface area contributed by atoms with Gasteiger partial charge in [-0.3, -0.25) is 0 Å². The first-order chi connectivity index (χ1) is 14.3. The zero-order valence-corrected chi connectivity index (χ0v) is 15.9. The van der Waals surface area contributed by atoms with Gasteiger partial charge in [0, 0.05) is 11.4 Å². The summed E-state index contributed by atoms with van der Waals surface area (Å²) in [6, 6.07) is 6.43. The van der Waals surface area contributed by atoms with Crippen LogP contribution in [0.4, 0.5) is 11.4 Å². The van der Waals surface area contributed by atoms with Crippen LogP contribution in [0.1, 0.15) is 0 Å². The minimum atomic E-state index is -1.52. The molecule has 0 aliphatic carbocycles. The Balaban J connectivity index is 1.69. The van der Waals surface area contributed by atoms with Gasteiger partial charge < -0.3 is 61.0 Å². The Kier molecular flexibility index (Phi) is 7.47. The van der Waals surface area contributed by atoms with E-state index in [9.17, 15) is 40.9 Å². The van der Waals surface area contributed by atoms with Crippen LogP contribution in [-0.4, -0.2) is 115 Å². The summed E-state index contributed by atoms with van der Waals surface area (Å²) in [4.78, 5) is 0. The molecule has 2 aliphatic heterocycles. The van der Waals surface area contributed by atoms with Crippen molar-refractivity contribution in [1.29, 1.82) is 0 Å². The third kappa shape index (κ3) is 4.68. The Bertz CT molecular complexity index is 639. The Morgan fingerprint density at radius 3 is 1.40 bits per heavy atom. The molecule has 12 nitrogen and oxygen atoms in total. The monoisotopic (exact) mass is 432 g/mol. The number of rotatable bonds is 6. The molecule has 0 saturated carbocycles. The first-order valence-electron chi connectivity index (χ1n) is 9.51. The quantitative estimate of drug-likeness (QED) is 0.210. The van der Waals surface area contributed by atoms with Crippen molar-refractivity contribution in [3.63, 3.8) is 0 Å². The minimum absolute atomic E-state index is 0.425. The summed E-state index contributed by atoms with van der Waals surface area (Å²) in [5.74, 6) is 0. The van der Waals surface area contributed by atoms with Crippen LogP contribution in [0.5, 0.6) is 0 Å². The number of hydrogen-bond acceptors (Lipinski definition) is 12. The summed E-state index contributed by atoms with van der Waals surface area (Å²) >= 11 is 0. The van der Waals surface area contributed by atoms with E-state index >= 15 is 0 Å². The van der Waals surface area contributed by atoms with Crippen molar-refractivity contribution in [3.05, 3.63) is 24.3 Å². The highest BCUT2D eigenvalue weighted by molar-refractivity contribution is 5.57. The molecule has 0 aromatic heterocycles. The molecule has 2 saturated heterocycles. The maximum Gasteiger partial charge on any atom is 0.157 e. The topological polar surface area (TPSA) is 204 Å². The third-order valence-electron chi connectivity index (χ3n) is 5.26. The van der Waals surface area contributed by atoms with Crippen molar-refractivity contribution < 1.29 is 50.3 Å². The van der Waals surface area contributed by atoms with Crippen LogP contribution in [-0.2, 0) is 9.47 Å². The van der Waals surface area contributed by atoms with E-state index in [-0.39, 0.29) is 0 Å². The van der Waals surface area contributed by atoms with Crippen molar-refractivity contribution in [2.24, 2.45) is 0 Å². The molecule has 3 rings (SSSR count). The van der Waals surface area contributed by atoms with Crippen LogP contribution in [0.2, 0.25) is 0 Å². The molecule has 10 atom stereocenters. The van der Waals surface area contributed by atoms with Crippen molar-refractivity contribution in [1.82, 2.24) is 0 Å². The Labute approximate surface area is 171 Å². The van der Waals surface area contributed by atoms with Gasteiger partial charge >= 0.3 is 0 Å². The van der Waals surface area contributed by atoms with Gasteiger partial charge in [-0.1, -0.05) is 6.07 Å². The lowest BCUT2D eigenvalue weighted by Crippen LogP contribution is -2.60. The summed E-state index contributed by atoms with van der Waals surface area (Å²) in [6.45, 7) is -1.11. The van der Waals surface area contributed by atoms with E-state index in [1.165, 1.54) is 0 Å². The smallest absolute Gasteiger partial charge is 0.157 e. The molecule has 1 aromatic carbocycles. The lowest BCUT2D eigenvalue weighted by molar-refractivity contribution is -0.221. The lowest BCUT2D eigenvalue weighted by Gasteiger charge is -2.41. The highest BCUT2D eigenvalue weighted by Gasteiger charge is 2.44. The standard InChI is InChI=1S/C18H28N2O10/c21-5-9-11(23)13(25)15(27)17(29-9)19-7-2-1-3-8(4-7)20-18-16(28)14(26)12(24)10(6-22)30-18/h1-4,9-28H,5-6H2/t9-,10+,11+,12-,13+,14-,15+,16-,17-,18+. The number of nitrogens with one attached hydrogen (secondary N) is 2. The fraction of sp³-hybridized carbons (Fsp3) is 0.667. The fourth-order valence-electron chi connectivity index (χ4n) is 3.47. The number of benzene rings is 1. The zero-order chi connectivity index (χ0) is 22.0. The van der Waals surface area contributed by atoms with Crippen LogP contribution in [0.25, 0.3) is 0 Å². The molecule has 30 heavy (non-hydrogen) atoms. The van der Waals surface area contributed by atoms with Crippen LogP contribution >= 0.6 is 0 Å². The zero-order valence-electron chi connectivity index (χ0n) is 15.9. The Morgan fingerprint density at radius 2 is 1.03 bits per heavy atom. The molecule has 10 N–H and O–H groups in total. The molecular weight excluding hydrogens is 404 g/mol. The molecule has 0 amide bonds. The van der Waals surface area contributed by atoms with Crippen LogP contribution in [0.3, 0.4) is 0 Å². The molecule has 2 fully saturated rings. The minimum Gasteiger partial charge on any atom is -0.394 e. The number of anilines is 2. The maximum atomic E-state index is 10.1. The first kappa shape index (κ1) is 23.1.